The van der Waals surface area contributed by atoms with Gasteiger partial charge in [0.05, 0.1) is 0 Å². The van der Waals surface area contributed by atoms with E-state index < -0.39 is 0 Å². The van der Waals surface area contributed by atoms with Gasteiger partial charge in [-0.05, 0) is 25.0 Å². The standard InChI is InChI=1S/C12H12O/c1-2-3-5-10-12(13)11-8-6-4-7-9-11/h4,6-10H,1-3H2. The molecule has 0 amide bonds. The molecule has 66 valence electrons. The molecule has 0 heterocycles. The van der Waals surface area contributed by atoms with Gasteiger partial charge in [0, 0.05) is 5.56 Å². The Morgan fingerprint density at radius 3 is 2.69 bits per heavy atom. The van der Waals surface area contributed by atoms with E-state index >= 15 is 0 Å². The molecular formula is C12H12O. The van der Waals surface area contributed by atoms with Crippen LogP contribution in [0.2, 0.25) is 0 Å². The van der Waals surface area contributed by atoms with Crippen LogP contribution in [0.25, 0.3) is 0 Å². The molecule has 0 spiro atoms. The number of hydrogen-bond acceptors (Lipinski definition) is 1. The maximum absolute atomic E-state index is 11.4. The van der Waals surface area contributed by atoms with Crippen LogP contribution in [0.1, 0.15) is 23.2 Å². The van der Waals surface area contributed by atoms with Crippen molar-refractivity contribution in [1.29, 1.82) is 0 Å². The fourth-order valence-corrected chi connectivity index (χ4v) is 0.953. The zero-order chi connectivity index (χ0) is 9.52. The van der Waals surface area contributed by atoms with Gasteiger partial charge in [0.15, 0.2) is 5.78 Å². The van der Waals surface area contributed by atoms with Crippen LogP contribution in [0.3, 0.4) is 0 Å². The number of allylic oxidation sites excluding steroid dienone is 2. The second kappa shape index (κ2) is 5.31. The van der Waals surface area contributed by atoms with Crippen molar-refractivity contribution in [3.8, 4) is 0 Å². The number of rotatable bonds is 4. The van der Waals surface area contributed by atoms with Crippen molar-refractivity contribution in [3.63, 3.8) is 0 Å². The zero-order valence-electron chi connectivity index (χ0n) is 7.49. The van der Waals surface area contributed by atoms with E-state index in [0.717, 1.165) is 12.8 Å². The highest BCUT2D eigenvalue weighted by Gasteiger charge is 1.97. The highest BCUT2D eigenvalue weighted by Crippen LogP contribution is 2.01. The van der Waals surface area contributed by atoms with E-state index in [-0.39, 0.29) is 5.78 Å². The van der Waals surface area contributed by atoms with Gasteiger partial charge < -0.3 is 0 Å². The van der Waals surface area contributed by atoms with E-state index in [1.54, 1.807) is 12.1 Å². The second-order valence-corrected chi connectivity index (χ2v) is 2.68. The molecule has 0 aliphatic rings. The third-order valence-corrected chi connectivity index (χ3v) is 1.61. The first-order chi connectivity index (χ1) is 6.34. The summed E-state index contributed by atoms with van der Waals surface area (Å²) in [6.07, 6.45) is 5.89. The maximum Gasteiger partial charge on any atom is 0.186 e. The quantitative estimate of drug-likeness (QED) is 0.504. The van der Waals surface area contributed by atoms with Gasteiger partial charge in [0.25, 0.3) is 0 Å². The lowest BCUT2D eigenvalue weighted by Gasteiger charge is -1.92. The van der Waals surface area contributed by atoms with E-state index in [0.29, 0.717) is 5.56 Å². The molecule has 13 heavy (non-hydrogen) atoms. The van der Waals surface area contributed by atoms with Gasteiger partial charge in [-0.2, -0.15) is 0 Å². The van der Waals surface area contributed by atoms with Crippen LogP contribution in [-0.4, -0.2) is 5.78 Å². The van der Waals surface area contributed by atoms with Crippen LogP contribution in [-0.2, 0) is 0 Å². The van der Waals surface area contributed by atoms with E-state index in [1.807, 2.05) is 18.2 Å². The Kier molecular flexibility index (Phi) is 3.97. The van der Waals surface area contributed by atoms with Gasteiger partial charge in [0.2, 0.25) is 0 Å². The van der Waals surface area contributed by atoms with Crippen LogP contribution in [0.15, 0.2) is 36.4 Å². The molecule has 0 N–H and O–H groups in total. The molecule has 0 aromatic heterocycles. The van der Waals surface area contributed by atoms with Crippen LogP contribution in [0.5, 0.6) is 0 Å². The minimum absolute atomic E-state index is 0.00838. The van der Waals surface area contributed by atoms with E-state index in [1.165, 1.54) is 6.08 Å². The van der Waals surface area contributed by atoms with Crippen molar-refractivity contribution in [2.75, 3.05) is 0 Å². The Morgan fingerprint density at radius 2 is 2.08 bits per heavy atom. The molecule has 0 aliphatic heterocycles. The van der Waals surface area contributed by atoms with Gasteiger partial charge in [-0.25, -0.2) is 0 Å². The number of hydrogen-bond donors (Lipinski definition) is 0. The van der Waals surface area contributed by atoms with Crippen LogP contribution in [0.4, 0.5) is 0 Å². The topological polar surface area (TPSA) is 17.1 Å². The lowest BCUT2D eigenvalue weighted by Crippen LogP contribution is -1.92. The van der Waals surface area contributed by atoms with E-state index in [2.05, 4.69) is 13.0 Å². The molecule has 1 aromatic rings. The summed E-state index contributed by atoms with van der Waals surface area (Å²) in [7, 11) is 0. The molecule has 1 rings (SSSR count). The Bertz CT molecular complexity index is 285. The number of ketones is 1. The van der Waals surface area contributed by atoms with Crippen LogP contribution in [0, 0.1) is 13.0 Å². The number of carbonyl (C=O) groups excluding carboxylic acids is 1. The highest BCUT2D eigenvalue weighted by atomic mass is 16.1. The predicted octanol–water partition coefficient (Wildman–Crippen LogP) is 2.84. The Labute approximate surface area is 79.1 Å². The Hall–Kier alpha value is -1.37. The predicted molar refractivity (Wildman–Crippen MR) is 53.2 cm³/mol. The fourth-order valence-electron chi connectivity index (χ4n) is 0.953. The van der Waals surface area contributed by atoms with Gasteiger partial charge >= 0.3 is 0 Å². The molecule has 0 atom stereocenters. The number of benzene rings is 1. The Morgan fingerprint density at radius 1 is 1.38 bits per heavy atom. The SMILES string of the molecule is [CH2]CC[C]=CC(=O)c1ccccc1. The summed E-state index contributed by atoms with van der Waals surface area (Å²) in [4.78, 5) is 11.4. The molecule has 0 fully saturated rings. The van der Waals surface area contributed by atoms with Crippen molar-refractivity contribution in [2.24, 2.45) is 0 Å². The van der Waals surface area contributed by atoms with Crippen molar-refractivity contribution >= 4 is 5.78 Å². The highest BCUT2D eigenvalue weighted by molar-refractivity contribution is 6.04. The third-order valence-electron chi connectivity index (χ3n) is 1.61. The number of unbranched alkanes of at least 4 members (excludes halogenated alkanes) is 1. The molecule has 2 radical (unpaired) electrons. The number of carbonyl (C=O) groups is 1. The normalized spacial score (nSPS) is 10.5. The smallest absolute Gasteiger partial charge is 0.186 e. The summed E-state index contributed by atoms with van der Waals surface area (Å²) < 4.78 is 0. The molecule has 0 unspecified atom stereocenters. The van der Waals surface area contributed by atoms with Crippen molar-refractivity contribution in [2.45, 2.75) is 12.8 Å². The molecule has 0 aliphatic carbocycles. The molecular weight excluding hydrogens is 160 g/mol. The summed E-state index contributed by atoms with van der Waals surface area (Å²) in [5, 5.41) is 0. The summed E-state index contributed by atoms with van der Waals surface area (Å²) in [6.45, 7) is 3.66. The van der Waals surface area contributed by atoms with Crippen molar-refractivity contribution in [1.82, 2.24) is 0 Å². The van der Waals surface area contributed by atoms with Gasteiger partial charge in [0.1, 0.15) is 0 Å². The molecule has 1 aromatic carbocycles. The zero-order valence-corrected chi connectivity index (χ0v) is 7.49. The van der Waals surface area contributed by atoms with Gasteiger partial charge in [-0.1, -0.05) is 37.3 Å². The first-order valence-corrected chi connectivity index (χ1v) is 4.30. The molecule has 1 heteroatoms. The molecule has 0 bridgehead atoms. The van der Waals surface area contributed by atoms with E-state index in [9.17, 15) is 4.79 Å². The summed E-state index contributed by atoms with van der Waals surface area (Å²) in [5.41, 5.74) is 0.707. The van der Waals surface area contributed by atoms with Crippen LogP contribution >= 0.6 is 0 Å². The minimum atomic E-state index is 0.00838. The first kappa shape index (κ1) is 9.72. The van der Waals surface area contributed by atoms with Gasteiger partial charge in [-0.15, -0.1) is 0 Å². The average molecular weight is 172 g/mol. The molecule has 1 nitrogen and oxygen atoms in total. The van der Waals surface area contributed by atoms with Crippen molar-refractivity contribution in [3.05, 3.63) is 55.0 Å². The maximum atomic E-state index is 11.4. The molecule has 0 saturated heterocycles. The first-order valence-electron chi connectivity index (χ1n) is 4.30. The summed E-state index contributed by atoms with van der Waals surface area (Å²) >= 11 is 0. The second-order valence-electron chi connectivity index (χ2n) is 2.68. The Balaban J connectivity index is 2.59. The lowest BCUT2D eigenvalue weighted by molar-refractivity contribution is 0.104. The fraction of sp³-hybridized carbons (Fsp3) is 0.167. The third kappa shape index (κ3) is 3.24. The molecule has 0 saturated carbocycles. The largest absolute Gasteiger partial charge is 0.289 e. The summed E-state index contributed by atoms with van der Waals surface area (Å²) in [6, 6.07) is 9.18. The minimum Gasteiger partial charge on any atom is -0.289 e. The van der Waals surface area contributed by atoms with Crippen LogP contribution < -0.4 is 0 Å². The van der Waals surface area contributed by atoms with Gasteiger partial charge in [-0.3, -0.25) is 4.79 Å². The monoisotopic (exact) mass is 172 g/mol. The lowest BCUT2D eigenvalue weighted by atomic mass is 10.1. The average Bonchev–Trinajstić information content (AvgIpc) is 2.19. The van der Waals surface area contributed by atoms with E-state index in [4.69, 9.17) is 0 Å². The summed E-state index contributed by atoms with van der Waals surface area (Å²) in [5.74, 6) is 0.00838. The van der Waals surface area contributed by atoms with Crippen molar-refractivity contribution < 1.29 is 4.79 Å².